The minimum absolute atomic E-state index is 0.0166. The van der Waals surface area contributed by atoms with Crippen molar-refractivity contribution in [2.75, 3.05) is 30.9 Å². The molecule has 0 radical (unpaired) electrons. The van der Waals surface area contributed by atoms with Gasteiger partial charge in [-0.1, -0.05) is 15.9 Å². The zero-order valence-electron chi connectivity index (χ0n) is 12.9. The topological polar surface area (TPSA) is 44.4 Å². The molecule has 0 saturated heterocycles. The van der Waals surface area contributed by atoms with Crippen LogP contribution >= 0.6 is 15.9 Å². The zero-order chi connectivity index (χ0) is 15.3. The number of hydrogen-bond donors (Lipinski definition) is 2. The highest BCUT2D eigenvalue weighted by molar-refractivity contribution is 9.10. The summed E-state index contributed by atoms with van der Waals surface area (Å²) in [7, 11) is 3.92. The Kier molecular flexibility index (Phi) is 6.02. The molecule has 4 nitrogen and oxygen atoms in total. The SMILES string of the molecule is CN(C)c1ccc(Br)cc1NC(=O)CCNC(C)(C)C. The molecule has 0 aromatic heterocycles. The fourth-order valence-corrected chi connectivity index (χ4v) is 2.12. The molecule has 0 atom stereocenters. The van der Waals surface area contributed by atoms with Crippen molar-refractivity contribution in [2.45, 2.75) is 32.7 Å². The quantitative estimate of drug-likeness (QED) is 0.864. The molecule has 1 aromatic rings. The van der Waals surface area contributed by atoms with E-state index in [2.05, 4.69) is 47.3 Å². The Morgan fingerprint density at radius 1 is 1.30 bits per heavy atom. The molecule has 1 amide bonds. The molecule has 0 spiro atoms. The largest absolute Gasteiger partial charge is 0.376 e. The summed E-state index contributed by atoms with van der Waals surface area (Å²) in [5.41, 5.74) is 1.85. The minimum Gasteiger partial charge on any atom is -0.376 e. The first-order chi connectivity index (χ1) is 9.19. The van der Waals surface area contributed by atoms with Gasteiger partial charge in [0, 0.05) is 37.1 Å². The maximum atomic E-state index is 12.0. The van der Waals surface area contributed by atoms with Gasteiger partial charge in [-0.3, -0.25) is 4.79 Å². The van der Waals surface area contributed by atoms with E-state index >= 15 is 0 Å². The Morgan fingerprint density at radius 2 is 1.95 bits per heavy atom. The summed E-state index contributed by atoms with van der Waals surface area (Å²) in [5.74, 6) is 0.0166. The molecule has 0 unspecified atom stereocenters. The molecule has 0 saturated carbocycles. The normalized spacial score (nSPS) is 11.3. The third-order valence-corrected chi connectivity index (χ3v) is 3.22. The number of nitrogens with one attached hydrogen (secondary N) is 2. The molecule has 0 aliphatic heterocycles. The Labute approximate surface area is 130 Å². The fourth-order valence-electron chi connectivity index (χ4n) is 1.76. The first-order valence-corrected chi connectivity index (χ1v) is 7.50. The van der Waals surface area contributed by atoms with Crippen LogP contribution in [0, 0.1) is 0 Å². The van der Waals surface area contributed by atoms with Gasteiger partial charge < -0.3 is 15.5 Å². The average Bonchev–Trinajstić information content (AvgIpc) is 2.26. The number of amides is 1. The first-order valence-electron chi connectivity index (χ1n) is 6.71. The lowest BCUT2D eigenvalue weighted by Gasteiger charge is -2.21. The molecule has 0 fully saturated rings. The highest BCUT2D eigenvalue weighted by atomic mass is 79.9. The highest BCUT2D eigenvalue weighted by Crippen LogP contribution is 2.28. The van der Waals surface area contributed by atoms with Crippen LogP contribution in [0.2, 0.25) is 0 Å². The molecule has 0 heterocycles. The van der Waals surface area contributed by atoms with Gasteiger partial charge in [-0.05, 0) is 39.0 Å². The van der Waals surface area contributed by atoms with Crippen LogP contribution in [0.4, 0.5) is 11.4 Å². The van der Waals surface area contributed by atoms with Crippen molar-refractivity contribution in [3.63, 3.8) is 0 Å². The molecule has 1 aromatic carbocycles. The zero-order valence-corrected chi connectivity index (χ0v) is 14.5. The predicted molar refractivity (Wildman–Crippen MR) is 89.5 cm³/mol. The van der Waals surface area contributed by atoms with E-state index in [0.29, 0.717) is 13.0 Å². The standard InChI is InChI=1S/C15H24BrN3O/c1-15(2,3)17-9-8-14(20)18-12-10-11(16)6-7-13(12)19(4)5/h6-7,10,17H,8-9H2,1-5H3,(H,18,20). The van der Waals surface area contributed by atoms with Gasteiger partial charge in [-0.25, -0.2) is 0 Å². The predicted octanol–water partition coefficient (Wildman–Crippen LogP) is 3.23. The van der Waals surface area contributed by atoms with E-state index in [9.17, 15) is 4.79 Å². The molecule has 0 aliphatic rings. The number of hydrogen-bond acceptors (Lipinski definition) is 3. The van der Waals surface area contributed by atoms with Crippen molar-refractivity contribution in [1.29, 1.82) is 0 Å². The van der Waals surface area contributed by atoms with Gasteiger partial charge >= 0.3 is 0 Å². The molecule has 112 valence electrons. The first kappa shape index (κ1) is 17.0. The second-order valence-electron chi connectivity index (χ2n) is 6.03. The summed E-state index contributed by atoms with van der Waals surface area (Å²) in [6.07, 6.45) is 0.455. The monoisotopic (exact) mass is 341 g/mol. The summed E-state index contributed by atoms with van der Waals surface area (Å²) in [6.45, 7) is 6.93. The maximum absolute atomic E-state index is 12.0. The minimum atomic E-state index is 0.0166. The van der Waals surface area contributed by atoms with Crippen LogP contribution in [0.1, 0.15) is 27.2 Å². The molecule has 0 aliphatic carbocycles. The number of halogens is 1. The van der Waals surface area contributed by atoms with Gasteiger partial charge in [-0.15, -0.1) is 0 Å². The number of benzene rings is 1. The highest BCUT2D eigenvalue weighted by Gasteiger charge is 2.11. The summed E-state index contributed by atoms with van der Waals surface area (Å²) in [6, 6.07) is 5.86. The van der Waals surface area contributed by atoms with Crippen molar-refractivity contribution < 1.29 is 4.79 Å². The van der Waals surface area contributed by atoms with E-state index in [1.54, 1.807) is 0 Å². The van der Waals surface area contributed by atoms with E-state index in [1.165, 1.54) is 0 Å². The van der Waals surface area contributed by atoms with E-state index in [1.807, 2.05) is 37.2 Å². The van der Waals surface area contributed by atoms with Crippen LogP contribution in [-0.2, 0) is 4.79 Å². The Bertz CT molecular complexity index is 467. The van der Waals surface area contributed by atoms with Gasteiger partial charge in [0.15, 0.2) is 0 Å². The number of carbonyl (C=O) groups is 1. The summed E-state index contributed by atoms with van der Waals surface area (Å²) in [4.78, 5) is 14.0. The molecule has 2 N–H and O–H groups in total. The molecule has 0 bridgehead atoms. The smallest absolute Gasteiger partial charge is 0.225 e. The Balaban J connectivity index is 2.64. The third kappa shape index (κ3) is 5.92. The van der Waals surface area contributed by atoms with Crippen molar-refractivity contribution in [1.82, 2.24) is 5.32 Å². The van der Waals surface area contributed by atoms with Crippen LogP contribution in [-0.4, -0.2) is 32.1 Å². The van der Waals surface area contributed by atoms with Gasteiger partial charge in [0.05, 0.1) is 11.4 Å². The average molecular weight is 342 g/mol. The molecular formula is C15H24BrN3O. The Hall–Kier alpha value is -1.07. The van der Waals surface area contributed by atoms with E-state index in [0.717, 1.165) is 15.8 Å². The van der Waals surface area contributed by atoms with E-state index in [-0.39, 0.29) is 11.4 Å². The molecule has 5 heteroatoms. The van der Waals surface area contributed by atoms with E-state index in [4.69, 9.17) is 0 Å². The van der Waals surface area contributed by atoms with Crippen LogP contribution < -0.4 is 15.5 Å². The van der Waals surface area contributed by atoms with E-state index < -0.39 is 0 Å². The number of nitrogens with zero attached hydrogens (tertiary/aromatic N) is 1. The molecule has 20 heavy (non-hydrogen) atoms. The van der Waals surface area contributed by atoms with Crippen molar-refractivity contribution in [3.8, 4) is 0 Å². The van der Waals surface area contributed by atoms with Crippen LogP contribution in [0.5, 0.6) is 0 Å². The van der Waals surface area contributed by atoms with Crippen molar-refractivity contribution >= 4 is 33.2 Å². The van der Waals surface area contributed by atoms with Gasteiger partial charge in [0.2, 0.25) is 5.91 Å². The lowest BCUT2D eigenvalue weighted by atomic mass is 10.1. The fraction of sp³-hybridized carbons (Fsp3) is 0.533. The number of rotatable bonds is 5. The lowest BCUT2D eigenvalue weighted by molar-refractivity contribution is -0.116. The summed E-state index contributed by atoms with van der Waals surface area (Å²) < 4.78 is 0.950. The third-order valence-electron chi connectivity index (χ3n) is 2.72. The van der Waals surface area contributed by atoms with Crippen LogP contribution in [0.15, 0.2) is 22.7 Å². The van der Waals surface area contributed by atoms with Gasteiger partial charge in [-0.2, -0.15) is 0 Å². The van der Waals surface area contributed by atoms with Crippen LogP contribution in [0.25, 0.3) is 0 Å². The number of carbonyl (C=O) groups excluding carboxylic acids is 1. The Morgan fingerprint density at radius 3 is 2.50 bits per heavy atom. The van der Waals surface area contributed by atoms with Crippen LogP contribution in [0.3, 0.4) is 0 Å². The summed E-state index contributed by atoms with van der Waals surface area (Å²) in [5, 5.41) is 6.28. The van der Waals surface area contributed by atoms with Gasteiger partial charge in [0.1, 0.15) is 0 Å². The molecular weight excluding hydrogens is 318 g/mol. The lowest BCUT2D eigenvalue weighted by Crippen LogP contribution is -2.37. The molecule has 1 rings (SSSR count). The number of anilines is 2. The maximum Gasteiger partial charge on any atom is 0.225 e. The van der Waals surface area contributed by atoms with Crippen molar-refractivity contribution in [3.05, 3.63) is 22.7 Å². The second kappa shape index (κ2) is 7.09. The van der Waals surface area contributed by atoms with Crippen molar-refractivity contribution in [2.24, 2.45) is 0 Å². The van der Waals surface area contributed by atoms with Gasteiger partial charge in [0.25, 0.3) is 0 Å². The summed E-state index contributed by atoms with van der Waals surface area (Å²) >= 11 is 3.43. The second-order valence-corrected chi connectivity index (χ2v) is 6.95.